The summed E-state index contributed by atoms with van der Waals surface area (Å²) in [6.45, 7) is 1.84. The number of hydrogen-bond donors (Lipinski definition) is 1. The molecule has 0 spiro atoms. The Morgan fingerprint density at radius 2 is 1.72 bits per heavy atom. The van der Waals surface area contributed by atoms with Gasteiger partial charge in [0.05, 0.1) is 25.7 Å². The summed E-state index contributed by atoms with van der Waals surface area (Å²) < 4.78 is 10.5. The number of hydrazone groups is 1. The zero-order valence-electron chi connectivity index (χ0n) is 16.8. The van der Waals surface area contributed by atoms with Gasteiger partial charge in [-0.3, -0.25) is 4.79 Å². The first-order valence-corrected chi connectivity index (χ1v) is 10.4. The molecule has 0 atom stereocenters. The summed E-state index contributed by atoms with van der Waals surface area (Å²) in [6, 6.07) is 20.2. The summed E-state index contributed by atoms with van der Waals surface area (Å²) >= 11 is 1.56. The number of amides is 1. The molecule has 3 aromatic carbocycles. The number of nitrogens with one attached hydrogen (secondary N) is 1. The van der Waals surface area contributed by atoms with Crippen LogP contribution in [-0.2, 0) is 10.5 Å². The van der Waals surface area contributed by atoms with E-state index in [4.69, 9.17) is 9.47 Å². The average molecular weight is 409 g/mol. The van der Waals surface area contributed by atoms with Crippen molar-refractivity contribution in [3.63, 3.8) is 0 Å². The summed E-state index contributed by atoms with van der Waals surface area (Å²) in [5.74, 6) is 2.26. The second-order valence-electron chi connectivity index (χ2n) is 6.48. The van der Waals surface area contributed by atoms with Crippen molar-refractivity contribution >= 4 is 34.2 Å². The van der Waals surface area contributed by atoms with Crippen LogP contribution in [0.2, 0.25) is 0 Å². The molecular formula is C23H24N2O3S. The van der Waals surface area contributed by atoms with Crippen molar-refractivity contribution in [2.45, 2.75) is 12.7 Å². The lowest BCUT2D eigenvalue weighted by molar-refractivity contribution is -0.118. The van der Waals surface area contributed by atoms with Gasteiger partial charge in [-0.2, -0.15) is 5.10 Å². The molecule has 0 bridgehead atoms. The van der Waals surface area contributed by atoms with Crippen LogP contribution in [0.1, 0.15) is 18.1 Å². The zero-order chi connectivity index (χ0) is 20.6. The fraction of sp³-hybridized carbons (Fsp3) is 0.217. The van der Waals surface area contributed by atoms with E-state index in [0.29, 0.717) is 23.0 Å². The van der Waals surface area contributed by atoms with Crippen molar-refractivity contribution in [3.8, 4) is 11.5 Å². The number of rotatable bonds is 8. The minimum absolute atomic E-state index is 0.129. The Kier molecular flexibility index (Phi) is 7.14. The minimum atomic E-state index is -0.129. The molecule has 0 aliphatic heterocycles. The molecule has 6 heteroatoms. The Labute approximate surface area is 175 Å². The molecule has 29 heavy (non-hydrogen) atoms. The van der Waals surface area contributed by atoms with Gasteiger partial charge in [0.15, 0.2) is 11.5 Å². The van der Waals surface area contributed by atoms with Crippen molar-refractivity contribution in [2.24, 2.45) is 5.10 Å². The van der Waals surface area contributed by atoms with Crippen LogP contribution in [0.3, 0.4) is 0 Å². The molecule has 0 fully saturated rings. The van der Waals surface area contributed by atoms with E-state index in [1.807, 2.05) is 37.3 Å². The molecule has 1 amide bonds. The number of benzene rings is 3. The Hall–Kier alpha value is -2.99. The van der Waals surface area contributed by atoms with E-state index in [2.05, 4.69) is 40.9 Å². The van der Waals surface area contributed by atoms with E-state index in [-0.39, 0.29) is 5.91 Å². The van der Waals surface area contributed by atoms with Gasteiger partial charge in [-0.25, -0.2) is 5.43 Å². The molecule has 150 valence electrons. The summed E-state index contributed by atoms with van der Waals surface area (Å²) in [4.78, 5) is 12.1. The SMILES string of the molecule is COc1ccc(/C(C)=N\NC(=O)CSCc2ccc3ccccc3c2)cc1OC. The number of methoxy groups -OCH3 is 2. The average Bonchev–Trinajstić information content (AvgIpc) is 2.76. The molecular weight excluding hydrogens is 384 g/mol. The summed E-state index contributed by atoms with van der Waals surface area (Å²) in [5.41, 5.74) is 5.37. The molecule has 0 aliphatic rings. The van der Waals surface area contributed by atoms with E-state index < -0.39 is 0 Å². The third-order valence-corrected chi connectivity index (χ3v) is 5.47. The highest BCUT2D eigenvalue weighted by Crippen LogP contribution is 2.27. The summed E-state index contributed by atoms with van der Waals surface area (Å²) in [5, 5.41) is 6.63. The van der Waals surface area contributed by atoms with E-state index >= 15 is 0 Å². The van der Waals surface area contributed by atoms with Crippen molar-refractivity contribution in [2.75, 3.05) is 20.0 Å². The second kappa shape index (κ2) is 9.98. The number of nitrogens with zero attached hydrogens (tertiary/aromatic N) is 1. The van der Waals surface area contributed by atoms with Gasteiger partial charge in [0, 0.05) is 11.3 Å². The number of thioether (sulfide) groups is 1. The van der Waals surface area contributed by atoms with Crippen LogP contribution in [0.5, 0.6) is 11.5 Å². The van der Waals surface area contributed by atoms with Crippen LogP contribution in [0.4, 0.5) is 0 Å². The number of carbonyl (C=O) groups is 1. The molecule has 0 radical (unpaired) electrons. The Bertz CT molecular complexity index is 1030. The lowest BCUT2D eigenvalue weighted by Crippen LogP contribution is -2.21. The zero-order valence-corrected chi connectivity index (χ0v) is 17.6. The highest BCUT2D eigenvalue weighted by molar-refractivity contribution is 7.99. The highest BCUT2D eigenvalue weighted by Gasteiger charge is 2.07. The van der Waals surface area contributed by atoms with Gasteiger partial charge in [-0.1, -0.05) is 42.5 Å². The van der Waals surface area contributed by atoms with Crippen molar-refractivity contribution < 1.29 is 14.3 Å². The molecule has 0 heterocycles. The first-order valence-electron chi connectivity index (χ1n) is 9.21. The van der Waals surface area contributed by atoms with Crippen LogP contribution < -0.4 is 14.9 Å². The van der Waals surface area contributed by atoms with Crippen LogP contribution >= 0.6 is 11.8 Å². The number of carbonyl (C=O) groups excluding carboxylic acids is 1. The quantitative estimate of drug-likeness (QED) is 0.436. The molecule has 1 N–H and O–H groups in total. The van der Waals surface area contributed by atoms with Crippen molar-refractivity contribution in [3.05, 3.63) is 71.8 Å². The van der Waals surface area contributed by atoms with E-state index in [9.17, 15) is 4.79 Å². The topological polar surface area (TPSA) is 59.9 Å². The predicted octanol–water partition coefficient (Wildman–Crippen LogP) is 4.63. The monoisotopic (exact) mass is 408 g/mol. The first-order chi connectivity index (χ1) is 14.1. The second-order valence-corrected chi connectivity index (χ2v) is 7.46. The first kappa shape index (κ1) is 20.7. The molecule has 3 rings (SSSR count). The summed E-state index contributed by atoms with van der Waals surface area (Å²) in [6.07, 6.45) is 0. The third kappa shape index (κ3) is 5.51. The fourth-order valence-corrected chi connectivity index (χ4v) is 3.66. The number of hydrogen-bond acceptors (Lipinski definition) is 5. The van der Waals surface area contributed by atoms with Gasteiger partial charge < -0.3 is 9.47 Å². The van der Waals surface area contributed by atoms with Gasteiger partial charge in [0.1, 0.15) is 0 Å². The van der Waals surface area contributed by atoms with Crippen molar-refractivity contribution in [1.29, 1.82) is 0 Å². The van der Waals surface area contributed by atoms with Crippen molar-refractivity contribution in [1.82, 2.24) is 5.43 Å². The fourth-order valence-electron chi connectivity index (χ4n) is 2.89. The number of ether oxygens (including phenoxy) is 2. The van der Waals surface area contributed by atoms with Gasteiger partial charge in [-0.05, 0) is 41.5 Å². The molecule has 0 aromatic heterocycles. The van der Waals surface area contributed by atoms with Gasteiger partial charge in [-0.15, -0.1) is 11.8 Å². The van der Waals surface area contributed by atoms with Crippen LogP contribution in [0, 0.1) is 0 Å². The van der Waals surface area contributed by atoms with Gasteiger partial charge >= 0.3 is 0 Å². The molecule has 0 saturated carbocycles. The molecule has 3 aromatic rings. The summed E-state index contributed by atoms with van der Waals surface area (Å²) in [7, 11) is 3.18. The van der Waals surface area contributed by atoms with Crippen LogP contribution in [0.25, 0.3) is 10.8 Å². The maximum Gasteiger partial charge on any atom is 0.250 e. The Balaban J connectivity index is 1.52. The standard InChI is InChI=1S/C23H24N2O3S/c1-16(19-10-11-21(27-2)22(13-19)28-3)24-25-23(26)15-29-14-17-8-9-18-6-4-5-7-20(18)12-17/h4-13H,14-15H2,1-3H3,(H,25,26)/b24-16-. The maximum atomic E-state index is 12.1. The van der Waals surface area contributed by atoms with Gasteiger partial charge in [0.25, 0.3) is 0 Å². The normalized spacial score (nSPS) is 11.3. The van der Waals surface area contributed by atoms with Crippen LogP contribution in [0.15, 0.2) is 65.8 Å². The van der Waals surface area contributed by atoms with Gasteiger partial charge in [0.2, 0.25) is 5.91 Å². The predicted molar refractivity (Wildman–Crippen MR) is 120 cm³/mol. The molecule has 0 unspecified atom stereocenters. The smallest absolute Gasteiger partial charge is 0.250 e. The Morgan fingerprint density at radius 1 is 0.966 bits per heavy atom. The Morgan fingerprint density at radius 3 is 2.48 bits per heavy atom. The lowest BCUT2D eigenvalue weighted by Gasteiger charge is -2.09. The maximum absolute atomic E-state index is 12.1. The van der Waals surface area contributed by atoms with Crippen LogP contribution in [-0.4, -0.2) is 31.6 Å². The molecule has 5 nitrogen and oxygen atoms in total. The highest BCUT2D eigenvalue weighted by atomic mass is 32.2. The molecule has 0 aliphatic carbocycles. The largest absolute Gasteiger partial charge is 0.493 e. The molecule has 0 saturated heterocycles. The number of fused-ring (bicyclic) bond motifs is 1. The van der Waals surface area contributed by atoms with E-state index in [1.54, 1.807) is 26.0 Å². The van der Waals surface area contributed by atoms with E-state index in [1.165, 1.54) is 16.3 Å². The van der Waals surface area contributed by atoms with E-state index in [0.717, 1.165) is 11.3 Å². The third-order valence-electron chi connectivity index (χ3n) is 4.47. The minimum Gasteiger partial charge on any atom is -0.493 e. The lowest BCUT2D eigenvalue weighted by atomic mass is 10.1.